The molecule has 1 heterocycles. The van der Waals surface area contributed by atoms with E-state index in [9.17, 15) is 9.59 Å². The van der Waals surface area contributed by atoms with Gasteiger partial charge in [-0.05, 0) is 6.92 Å². The number of nitrogens with zero attached hydrogens (tertiary/aromatic N) is 1. The molecular formula is C8H10N2O3S. The molecule has 0 unspecified atom stereocenters. The molecule has 6 heteroatoms. The van der Waals surface area contributed by atoms with Gasteiger partial charge in [0.1, 0.15) is 4.88 Å². The van der Waals surface area contributed by atoms with Gasteiger partial charge in [-0.1, -0.05) is 0 Å². The fraction of sp³-hybridized carbons (Fsp3) is 0.375. The fourth-order valence-corrected chi connectivity index (χ4v) is 1.60. The van der Waals surface area contributed by atoms with Crippen molar-refractivity contribution in [3.63, 3.8) is 0 Å². The number of thiazole rings is 1. The molecule has 0 fully saturated rings. The highest BCUT2D eigenvalue weighted by Crippen LogP contribution is 2.11. The van der Waals surface area contributed by atoms with Gasteiger partial charge in [0.15, 0.2) is 0 Å². The molecule has 14 heavy (non-hydrogen) atoms. The van der Waals surface area contributed by atoms with Crippen LogP contribution in [0, 0.1) is 6.92 Å². The molecule has 0 aliphatic rings. The monoisotopic (exact) mass is 214 g/mol. The molecule has 2 N–H and O–H groups in total. The number of carbonyl (C=O) groups excluding carboxylic acids is 1. The zero-order valence-electron chi connectivity index (χ0n) is 7.61. The Kier molecular flexibility index (Phi) is 3.58. The van der Waals surface area contributed by atoms with Crippen LogP contribution in [0.1, 0.15) is 21.8 Å². The summed E-state index contributed by atoms with van der Waals surface area (Å²) < 4.78 is 0. The van der Waals surface area contributed by atoms with E-state index in [-0.39, 0.29) is 18.9 Å². The van der Waals surface area contributed by atoms with Gasteiger partial charge in [-0.15, -0.1) is 11.3 Å². The van der Waals surface area contributed by atoms with Gasteiger partial charge in [0.2, 0.25) is 0 Å². The lowest BCUT2D eigenvalue weighted by atomic mass is 10.3. The molecule has 76 valence electrons. The van der Waals surface area contributed by atoms with Crippen molar-refractivity contribution in [2.75, 3.05) is 6.54 Å². The predicted molar refractivity (Wildman–Crippen MR) is 51.4 cm³/mol. The van der Waals surface area contributed by atoms with E-state index in [1.165, 1.54) is 11.3 Å². The van der Waals surface area contributed by atoms with E-state index in [1.54, 1.807) is 12.4 Å². The summed E-state index contributed by atoms with van der Waals surface area (Å²) in [7, 11) is 0. The number of hydrogen-bond donors (Lipinski definition) is 2. The molecule has 0 aromatic carbocycles. The van der Waals surface area contributed by atoms with Crippen LogP contribution >= 0.6 is 11.3 Å². The van der Waals surface area contributed by atoms with E-state index in [2.05, 4.69) is 10.3 Å². The Morgan fingerprint density at radius 1 is 1.64 bits per heavy atom. The first-order valence-corrected chi connectivity index (χ1v) is 4.89. The number of carboxylic acids is 1. The maximum absolute atomic E-state index is 11.4. The Hall–Kier alpha value is -1.43. The molecule has 0 saturated heterocycles. The summed E-state index contributed by atoms with van der Waals surface area (Å²) in [5.41, 5.74) is 2.25. The quantitative estimate of drug-likeness (QED) is 0.771. The molecular weight excluding hydrogens is 204 g/mol. The molecule has 0 bridgehead atoms. The Bertz CT molecular complexity index is 348. The minimum absolute atomic E-state index is 0.0659. The van der Waals surface area contributed by atoms with Crippen LogP contribution in [0.4, 0.5) is 0 Å². The van der Waals surface area contributed by atoms with Gasteiger partial charge < -0.3 is 10.4 Å². The minimum atomic E-state index is -0.925. The first-order chi connectivity index (χ1) is 6.61. The third kappa shape index (κ3) is 2.81. The van der Waals surface area contributed by atoms with Crippen molar-refractivity contribution in [3.05, 3.63) is 16.1 Å². The van der Waals surface area contributed by atoms with E-state index in [1.807, 2.05) is 0 Å². The molecule has 0 aliphatic carbocycles. The highest BCUT2D eigenvalue weighted by molar-refractivity contribution is 7.11. The molecule has 0 aliphatic heterocycles. The second kappa shape index (κ2) is 4.71. The maximum Gasteiger partial charge on any atom is 0.305 e. The molecule has 1 amide bonds. The standard InChI is InChI=1S/C8H10N2O3S/c1-5-7(14-4-10-5)8(13)9-3-2-6(11)12/h4H,2-3H2,1H3,(H,9,13)(H,11,12). The molecule has 1 aromatic heterocycles. The summed E-state index contributed by atoms with van der Waals surface area (Å²) in [6.45, 7) is 1.88. The molecule has 0 atom stereocenters. The predicted octanol–water partition coefficient (Wildman–Crippen LogP) is 0.656. The highest BCUT2D eigenvalue weighted by atomic mass is 32.1. The van der Waals surface area contributed by atoms with Gasteiger partial charge in [-0.25, -0.2) is 4.98 Å². The molecule has 5 nitrogen and oxygen atoms in total. The first kappa shape index (κ1) is 10.6. The Labute approximate surface area is 84.8 Å². The van der Waals surface area contributed by atoms with Gasteiger partial charge in [0, 0.05) is 6.54 Å². The number of aryl methyl sites for hydroxylation is 1. The molecule has 1 aromatic rings. The third-order valence-corrected chi connectivity index (χ3v) is 2.50. The van der Waals surface area contributed by atoms with Crippen LogP contribution in [0.2, 0.25) is 0 Å². The fourth-order valence-electron chi connectivity index (χ4n) is 0.883. The summed E-state index contributed by atoms with van der Waals surface area (Å²) in [4.78, 5) is 26.0. The lowest BCUT2D eigenvalue weighted by Crippen LogP contribution is -2.25. The number of rotatable bonds is 4. The molecule has 0 saturated carbocycles. The van der Waals surface area contributed by atoms with E-state index < -0.39 is 5.97 Å². The van der Waals surface area contributed by atoms with Crippen LogP contribution in [-0.2, 0) is 4.79 Å². The highest BCUT2D eigenvalue weighted by Gasteiger charge is 2.10. The van der Waals surface area contributed by atoms with Crippen molar-refractivity contribution < 1.29 is 14.7 Å². The summed E-state index contributed by atoms with van der Waals surface area (Å²) in [5.74, 6) is -1.18. The van der Waals surface area contributed by atoms with Crippen molar-refractivity contribution in [2.24, 2.45) is 0 Å². The summed E-state index contributed by atoms with van der Waals surface area (Å²) >= 11 is 1.25. The Balaban J connectivity index is 2.44. The number of carbonyl (C=O) groups is 2. The zero-order chi connectivity index (χ0) is 10.6. The van der Waals surface area contributed by atoms with Gasteiger partial charge in [-0.2, -0.15) is 0 Å². The average Bonchev–Trinajstić information content (AvgIpc) is 2.50. The van der Waals surface area contributed by atoms with Crippen LogP contribution in [0.3, 0.4) is 0 Å². The molecule has 1 rings (SSSR count). The summed E-state index contributed by atoms with van der Waals surface area (Å²) in [6, 6.07) is 0. The lowest BCUT2D eigenvalue weighted by Gasteiger charge is -2.00. The van der Waals surface area contributed by atoms with Gasteiger partial charge in [0.25, 0.3) is 5.91 Å². The number of carboxylic acid groups (broad SMARTS) is 1. The third-order valence-electron chi connectivity index (χ3n) is 1.58. The number of aromatic nitrogens is 1. The second-order valence-corrected chi connectivity index (χ2v) is 3.52. The van der Waals surface area contributed by atoms with Crippen molar-refractivity contribution in [1.29, 1.82) is 0 Å². The SMILES string of the molecule is Cc1ncsc1C(=O)NCCC(=O)O. The number of amides is 1. The Morgan fingerprint density at radius 3 is 2.86 bits per heavy atom. The molecule has 0 radical (unpaired) electrons. The largest absolute Gasteiger partial charge is 0.481 e. The van der Waals surface area contributed by atoms with Crippen LogP contribution in [0.15, 0.2) is 5.51 Å². The van der Waals surface area contributed by atoms with E-state index in [0.29, 0.717) is 10.6 Å². The normalized spacial score (nSPS) is 9.79. The Morgan fingerprint density at radius 2 is 2.36 bits per heavy atom. The number of nitrogens with one attached hydrogen (secondary N) is 1. The van der Waals surface area contributed by atoms with Gasteiger partial charge in [-0.3, -0.25) is 9.59 Å². The topological polar surface area (TPSA) is 79.3 Å². The van der Waals surface area contributed by atoms with Gasteiger partial charge in [0.05, 0.1) is 17.6 Å². The van der Waals surface area contributed by atoms with Crippen LogP contribution < -0.4 is 5.32 Å². The van der Waals surface area contributed by atoms with Crippen molar-refractivity contribution >= 4 is 23.2 Å². The second-order valence-electron chi connectivity index (χ2n) is 2.67. The number of hydrogen-bond acceptors (Lipinski definition) is 4. The molecule has 0 spiro atoms. The van der Waals surface area contributed by atoms with E-state index in [4.69, 9.17) is 5.11 Å². The smallest absolute Gasteiger partial charge is 0.305 e. The van der Waals surface area contributed by atoms with Crippen molar-refractivity contribution in [2.45, 2.75) is 13.3 Å². The van der Waals surface area contributed by atoms with Crippen LogP contribution in [0.5, 0.6) is 0 Å². The minimum Gasteiger partial charge on any atom is -0.481 e. The van der Waals surface area contributed by atoms with E-state index in [0.717, 1.165) is 0 Å². The van der Waals surface area contributed by atoms with Crippen LogP contribution in [0.25, 0.3) is 0 Å². The van der Waals surface area contributed by atoms with Crippen molar-refractivity contribution in [1.82, 2.24) is 10.3 Å². The maximum atomic E-state index is 11.4. The average molecular weight is 214 g/mol. The van der Waals surface area contributed by atoms with Crippen LogP contribution in [-0.4, -0.2) is 28.5 Å². The van der Waals surface area contributed by atoms with E-state index >= 15 is 0 Å². The van der Waals surface area contributed by atoms with Gasteiger partial charge >= 0.3 is 5.97 Å². The van der Waals surface area contributed by atoms with Crippen molar-refractivity contribution in [3.8, 4) is 0 Å². The number of aliphatic carboxylic acids is 1. The zero-order valence-corrected chi connectivity index (χ0v) is 8.43. The first-order valence-electron chi connectivity index (χ1n) is 4.01. The lowest BCUT2D eigenvalue weighted by molar-refractivity contribution is -0.136. The summed E-state index contributed by atoms with van der Waals surface area (Å²) in [5, 5.41) is 10.9. The summed E-state index contributed by atoms with van der Waals surface area (Å²) in [6.07, 6.45) is -0.0659.